The molecule has 92 valence electrons. The maximum atomic E-state index is 13.4. The van der Waals surface area contributed by atoms with Crippen molar-refractivity contribution in [3.8, 4) is 5.75 Å². The molecule has 0 bridgehead atoms. The number of amides is 1. The lowest BCUT2D eigenvalue weighted by Crippen LogP contribution is -2.39. The fourth-order valence-corrected chi connectivity index (χ4v) is 1.90. The molecule has 0 aromatic heterocycles. The number of hydrogen-bond acceptors (Lipinski definition) is 3. The van der Waals surface area contributed by atoms with Gasteiger partial charge < -0.3 is 15.2 Å². The number of halogens is 1. The van der Waals surface area contributed by atoms with Crippen molar-refractivity contribution in [2.45, 2.75) is 25.5 Å². The van der Waals surface area contributed by atoms with E-state index in [9.17, 15) is 14.3 Å². The van der Waals surface area contributed by atoms with E-state index in [-0.39, 0.29) is 23.5 Å². The first-order valence-electron chi connectivity index (χ1n) is 5.49. The Morgan fingerprint density at radius 3 is 2.94 bits per heavy atom. The van der Waals surface area contributed by atoms with Crippen LogP contribution in [0.5, 0.6) is 5.75 Å². The molecule has 1 fully saturated rings. The predicted molar refractivity (Wildman–Crippen MR) is 59.4 cm³/mol. The summed E-state index contributed by atoms with van der Waals surface area (Å²) in [6.45, 7) is 2.43. The highest BCUT2D eigenvalue weighted by molar-refractivity contribution is 5.97. The Morgan fingerprint density at radius 1 is 1.59 bits per heavy atom. The van der Waals surface area contributed by atoms with Crippen LogP contribution in [0.25, 0.3) is 0 Å². The first kappa shape index (κ1) is 11.9. The molecule has 5 heteroatoms. The van der Waals surface area contributed by atoms with Crippen molar-refractivity contribution in [1.82, 2.24) is 5.32 Å². The van der Waals surface area contributed by atoms with Crippen molar-refractivity contribution in [2.75, 3.05) is 6.61 Å². The van der Waals surface area contributed by atoms with E-state index in [0.29, 0.717) is 13.0 Å². The van der Waals surface area contributed by atoms with Crippen LogP contribution in [0.2, 0.25) is 0 Å². The number of hydrogen-bond donors (Lipinski definition) is 2. The Kier molecular flexibility index (Phi) is 3.28. The quantitative estimate of drug-likeness (QED) is 0.821. The van der Waals surface area contributed by atoms with Crippen LogP contribution >= 0.6 is 0 Å². The van der Waals surface area contributed by atoms with Gasteiger partial charge in [-0.1, -0.05) is 6.07 Å². The van der Waals surface area contributed by atoms with Crippen molar-refractivity contribution >= 4 is 5.91 Å². The molecule has 2 N–H and O–H groups in total. The third kappa shape index (κ3) is 2.39. The van der Waals surface area contributed by atoms with E-state index < -0.39 is 11.7 Å². The number of phenolic OH excluding ortho intramolecular Hbond substituents is 1. The standard InChI is InChI=1S/C12H14FNO3/c1-7-9(5-6-17-7)14-12(16)11-8(13)3-2-4-10(11)15/h2-4,7,9,15H,5-6H2,1H3,(H,14,16)/t7-,9-/m1/s1. The lowest BCUT2D eigenvalue weighted by molar-refractivity contribution is 0.0860. The summed E-state index contributed by atoms with van der Waals surface area (Å²) in [5.74, 6) is -1.69. The van der Waals surface area contributed by atoms with Crippen LogP contribution in [0.1, 0.15) is 23.7 Å². The number of aromatic hydroxyl groups is 1. The second kappa shape index (κ2) is 4.71. The number of phenols is 1. The van der Waals surface area contributed by atoms with Gasteiger partial charge in [0.2, 0.25) is 0 Å². The minimum absolute atomic E-state index is 0.0899. The minimum atomic E-state index is -0.728. The number of carbonyl (C=O) groups is 1. The third-order valence-electron chi connectivity index (χ3n) is 2.91. The van der Waals surface area contributed by atoms with Crippen molar-refractivity contribution < 1.29 is 19.0 Å². The summed E-state index contributed by atoms with van der Waals surface area (Å²) < 4.78 is 18.7. The number of benzene rings is 1. The van der Waals surface area contributed by atoms with Gasteiger partial charge in [0, 0.05) is 6.61 Å². The van der Waals surface area contributed by atoms with Crippen molar-refractivity contribution in [3.05, 3.63) is 29.6 Å². The van der Waals surface area contributed by atoms with E-state index >= 15 is 0 Å². The van der Waals surface area contributed by atoms with E-state index in [0.717, 1.165) is 6.07 Å². The SMILES string of the molecule is C[C@H]1OCC[C@H]1NC(=O)c1c(O)cccc1F. The summed E-state index contributed by atoms with van der Waals surface area (Å²) in [7, 11) is 0. The molecule has 17 heavy (non-hydrogen) atoms. The molecule has 1 saturated heterocycles. The lowest BCUT2D eigenvalue weighted by Gasteiger charge is -2.16. The molecule has 1 aliphatic rings. The lowest BCUT2D eigenvalue weighted by atomic mass is 10.1. The number of rotatable bonds is 2. The van der Waals surface area contributed by atoms with Crippen LogP contribution in [0.4, 0.5) is 4.39 Å². The average molecular weight is 239 g/mol. The molecule has 2 atom stereocenters. The molecule has 1 aromatic rings. The van der Waals surface area contributed by atoms with E-state index in [1.807, 2.05) is 6.92 Å². The van der Waals surface area contributed by atoms with E-state index in [2.05, 4.69) is 5.32 Å². The topological polar surface area (TPSA) is 58.6 Å². The Hall–Kier alpha value is -1.62. The van der Waals surface area contributed by atoms with Gasteiger partial charge in [0.25, 0.3) is 5.91 Å². The van der Waals surface area contributed by atoms with Gasteiger partial charge in [-0.25, -0.2) is 4.39 Å². The van der Waals surface area contributed by atoms with Crippen LogP contribution in [0, 0.1) is 5.82 Å². The summed E-state index contributed by atoms with van der Waals surface area (Å²) in [5, 5.41) is 12.1. The summed E-state index contributed by atoms with van der Waals surface area (Å²) in [4.78, 5) is 11.8. The van der Waals surface area contributed by atoms with Crippen LogP contribution < -0.4 is 5.32 Å². The largest absolute Gasteiger partial charge is 0.507 e. The fourth-order valence-electron chi connectivity index (χ4n) is 1.90. The molecule has 0 unspecified atom stereocenters. The van der Waals surface area contributed by atoms with Gasteiger partial charge in [0.1, 0.15) is 17.1 Å². The van der Waals surface area contributed by atoms with E-state index in [4.69, 9.17) is 4.74 Å². The zero-order valence-electron chi connectivity index (χ0n) is 9.44. The first-order chi connectivity index (χ1) is 8.09. The Bertz CT molecular complexity index is 416. The monoisotopic (exact) mass is 239 g/mol. The number of carbonyl (C=O) groups excluding carboxylic acids is 1. The van der Waals surface area contributed by atoms with E-state index in [1.54, 1.807) is 0 Å². The number of ether oxygens (including phenoxy) is 1. The molecule has 0 aliphatic carbocycles. The van der Waals surface area contributed by atoms with Crippen molar-refractivity contribution in [2.24, 2.45) is 0 Å². The summed E-state index contributed by atoms with van der Waals surface area (Å²) in [6, 6.07) is 3.64. The van der Waals surface area contributed by atoms with Gasteiger partial charge in [0.15, 0.2) is 0 Å². The Balaban J connectivity index is 2.14. The van der Waals surface area contributed by atoms with E-state index in [1.165, 1.54) is 12.1 Å². The molecule has 1 aliphatic heterocycles. The fraction of sp³-hybridized carbons (Fsp3) is 0.417. The Morgan fingerprint density at radius 2 is 2.35 bits per heavy atom. The van der Waals surface area contributed by atoms with Gasteiger partial charge >= 0.3 is 0 Å². The normalized spacial score (nSPS) is 23.6. The van der Waals surface area contributed by atoms with Crippen molar-refractivity contribution in [3.63, 3.8) is 0 Å². The summed E-state index contributed by atoms with van der Waals surface area (Å²) >= 11 is 0. The van der Waals surface area contributed by atoms with Crippen LogP contribution in [0.3, 0.4) is 0 Å². The third-order valence-corrected chi connectivity index (χ3v) is 2.91. The van der Waals surface area contributed by atoms with Gasteiger partial charge in [-0.05, 0) is 25.5 Å². The van der Waals surface area contributed by atoms with Crippen LogP contribution in [0.15, 0.2) is 18.2 Å². The molecule has 0 saturated carbocycles. The number of nitrogens with one attached hydrogen (secondary N) is 1. The second-order valence-electron chi connectivity index (χ2n) is 4.08. The first-order valence-corrected chi connectivity index (χ1v) is 5.49. The van der Waals surface area contributed by atoms with Crippen LogP contribution in [-0.4, -0.2) is 29.8 Å². The molecule has 1 heterocycles. The average Bonchev–Trinajstić information content (AvgIpc) is 2.64. The smallest absolute Gasteiger partial charge is 0.258 e. The minimum Gasteiger partial charge on any atom is -0.507 e. The van der Waals surface area contributed by atoms with Gasteiger partial charge in [-0.2, -0.15) is 0 Å². The van der Waals surface area contributed by atoms with Gasteiger partial charge in [-0.3, -0.25) is 4.79 Å². The van der Waals surface area contributed by atoms with Crippen molar-refractivity contribution in [1.29, 1.82) is 0 Å². The highest BCUT2D eigenvalue weighted by Gasteiger charge is 2.27. The van der Waals surface area contributed by atoms with Gasteiger partial charge in [0.05, 0.1) is 12.1 Å². The second-order valence-corrected chi connectivity index (χ2v) is 4.08. The molecule has 1 aromatic carbocycles. The maximum absolute atomic E-state index is 13.4. The zero-order valence-corrected chi connectivity index (χ0v) is 9.44. The maximum Gasteiger partial charge on any atom is 0.258 e. The highest BCUT2D eigenvalue weighted by atomic mass is 19.1. The molecule has 0 spiro atoms. The molecule has 0 radical (unpaired) electrons. The molecule has 2 rings (SSSR count). The molecule has 1 amide bonds. The van der Waals surface area contributed by atoms with Crippen LogP contribution in [-0.2, 0) is 4.74 Å². The zero-order chi connectivity index (χ0) is 12.4. The highest BCUT2D eigenvalue weighted by Crippen LogP contribution is 2.21. The molecular formula is C12H14FNO3. The molecule has 4 nitrogen and oxygen atoms in total. The predicted octanol–water partition coefficient (Wildman–Crippen LogP) is 1.44. The Labute approximate surface area is 98.4 Å². The van der Waals surface area contributed by atoms with Gasteiger partial charge in [-0.15, -0.1) is 0 Å². The summed E-state index contributed by atoms with van der Waals surface area (Å²) in [5.41, 5.74) is -0.313. The summed E-state index contributed by atoms with van der Waals surface area (Å²) in [6.07, 6.45) is 0.607. The molecular weight excluding hydrogens is 225 g/mol.